The van der Waals surface area contributed by atoms with Gasteiger partial charge in [-0.2, -0.15) is 0 Å². The Hall–Kier alpha value is -1.04. The lowest BCUT2D eigenvalue weighted by atomic mass is 9.86. The SMILES string of the molecule is C1=C(c2ccc3c(c2)CC3)CCC1. The molecule has 66 valence electrons. The number of hydrogen-bond donors (Lipinski definition) is 0. The molecule has 0 N–H and O–H groups in total. The first-order chi connectivity index (χ1) is 6.43. The molecule has 2 aliphatic rings. The fraction of sp³-hybridized carbons (Fsp3) is 0.385. The summed E-state index contributed by atoms with van der Waals surface area (Å²) < 4.78 is 0. The molecule has 13 heavy (non-hydrogen) atoms. The first-order valence-electron chi connectivity index (χ1n) is 5.25. The zero-order valence-corrected chi connectivity index (χ0v) is 7.84. The summed E-state index contributed by atoms with van der Waals surface area (Å²) in [5.74, 6) is 0. The smallest absolute Gasteiger partial charge is 0.0225 e. The molecule has 0 fully saturated rings. The van der Waals surface area contributed by atoms with Gasteiger partial charge in [0.1, 0.15) is 0 Å². The Kier molecular flexibility index (Phi) is 1.55. The summed E-state index contributed by atoms with van der Waals surface area (Å²) in [5, 5.41) is 0. The van der Waals surface area contributed by atoms with Gasteiger partial charge in [0, 0.05) is 0 Å². The van der Waals surface area contributed by atoms with Gasteiger partial charge in [0.2, 0.25) is 0 Å². The predicted molar refractivity (Wildman–Crippen MR) is 55.7 cm³/mol. The average molecular weight is 170 g/mol. The Morgan fingerprint density at radius 2 is 1.85 bits per heavy atom. The average Bonchev–Trinajstić information content (AvgIpc) is 2.59. The van der Waals surface area contributed by atoms with Crippen LogP contribution in [0.5, 0.6) is 0 Å². The van der Waals surface area contributed by atoms with E-state index in [1.807, 2.05) is 0 Å². The lowest BCUT2D eigenvalue weighted by Gasteiger charge is -2.19. The van der Waals surface area contributed by atoms with Crippen molar-refractivity contribution in [1.82, 2.24) is 0 Å². The summed E-state index contributed by atoms with van der Waals surface area (Å²) in [6.45, 7) is 0. The minimum absolute atomic E-state index is 1.28. The van der Waals surface area contributed by atoms with Crippen LogP contribution < -0.4 is 0 Å². The Labute approximate surface area is 79.3 Å². The highest BCUT2D eigenvalue weighted by atomic mass is 14.2. The zero-order chi connectivity index (χ0) is 8.67. The van der Waals surface area contributed by atoms with Gasteiger partial charge < -0.3 is 0 Å². The molecule has 0 spiro atoms. The van der Waals surface area contributed by atoms with Gasteiger partial charge >= 0.3 is 0 Å². The Morgan fingerprint density at radius 1 is 0.923 bits per heavy atom. The zero-order valence-electron chi connectivity index (χ0n) is 7.84. The van der Waals surface area contributed by atoms with E-state index >= 15 is 0 Å². The van der Waals surface area contributed by atoms with Crippen LogP contribution in [0.15, 0.2) is 24.3 Å². The van der Waals surface area contributed by atoms with Gasteiger partial charge in [-0.15, -0.1) is 0 Å². The van der Waals surface area contributed by atoms with Crippen LogP contribution in [0.1, 0.15) is 36.0 Å². The summed E-state index contributed by atoms with van der Waals surface area (Å²) in [7, 11) is 0. The normalized spacial score (nSPS) is 19.2. The molecule has 0 unspecified atom stereocenters. The minimum Gasteiger partial charge on any atom is -0.0807 e. The maximum atomic E-state index is 2.40. The van der Waals surface area contributed by atoms with Crippen LogP contribution in [0, 0.1) is 0 Å². The molecule has 0 aliphatic heterocycles. The van der Waals surface area contributed by atoms with Crippen LogP contribution in [-0.2, 0) is 12.8 Å². The number of benzene rings is 1. The van der Waals surface area contributed by atoms with Crippen LogP contribution in [0.25, 0.3) is 5.57 Å². The largest absolute Gasteiger partial charge is 0.0807 e. The minimum atomic E-state index is 1.28. The first-order valence-corrected chi connectivity index (χ1v) is 5.25. The quantitative estimate of drug-likeness (QED) is 0.606. The Bertz CT molecular complexity index is 372. The molecule has 0 heteroatoms. The number of rotatable bonds is 1. The van der Waals surface area contributed by atoms with Crippen LogP contribution in [0.3, 0.4) is 0 Å². The second-order valence-corrected chi connectivity index (χ2v) is 4.11. The maximum absolute atomic E-state index is 2.40. The van der Waals surface area contributed by atoms with Crippen molar-refractivity contribution in [2.75, 3.05) is 0 Å². The molecule has 0 radical (unpaired) electrons. The van der Waals surface area contributed by atoms with E-state index in [0.717, 1.165) is 0 Å². The lowest BCUT2D eigenvalue weighted by Crippen LogP contribution is -2.07. The van der Waals surface area contributed by atoms with Gasteiger partial charge in [0.15, 0.2) is 0 Å². The van der Waals surface area contributed by atoms with Crippen molar-refractivity contribution in [2.45, 2.75) is 32.1 Å². The van der Waals surface area contributed by atoms with E-state index in [9.17, 15) is 0 Å². The summed E-state index contributed by atoms with van der Waals surface area (Å²) in [6, 6.07) is 7.01. The standard InChI is InChI=1S/C13H14/c1-2-4-10(3-1)12-7-5-11-6-8-13(11)9-12/h3,5,7,9H,1-2,4,6,8H2. The molecule has 0 heterocycles. The number of aryl methyl sites for hydroxylation is 2. The van der Waals surface area contributed by atoms with E-state index < -0.39 is 0 Å². The Morgan fingerprint density at radius 3 is 2.46 bits per heavy atom. The van der Waals surface area contributed by atoms with Crippen molar-refractivity contribution >= 4 is 5.57 Å². The van der Waals surface area contributed by atoms with E-state index in [2.05, 4.69) is 24.3 Å². The first kappa shape index (κ1) is 7.37. The molecule has 2 aliphatic carbocycles. The van der Waals surface area contributed by atoms with Crippen molar-refractivity contribution in [2.24, 2.45) is 0 Å². The van der Waals surface area contributed by atoms with Crippen LogP contribution >= 0.6 is 0 Å². The summed E-state index contributed by atoms with van der Waals surface area (Å²) in [6.07, 6.45) is 8.93. The van der Waals surface area contributed by atoms with Crippen molar-refractivity contribution in [1.29, 1.82) is 0 Å². The third kappa shape index (κ3) is 1.13. The predicted octanol–water partition coefficient (Wildman–Crippen LogP) is 3.35. The number of fused-ring (bicyclic) bond motifs is 1. The van der Waals surface area contributed by atoms with Crippen LogP contribution in [0.2, 0.25) is 0 Å². The molecule has 0 saturated carbocycles. The van der Waals surface area contributed by atoms with E-state index in [-0.39, 0.29) is 0 Å². The monoisotopic (exact) mass is 170 g/mol. The van der Waals surface area contributed by atoms with Crippen molar-refractivity contribution in [3.05, 3.63) is 41.0 Å². The molecule has 0 saturated heterocycles. The van der Waals surface area contributed by atoms with Crippen molar-refractivity contribution in [3.8, 4) is 0 Å². The van der Waals surface area contributed by atoms with E-state index in [1.165, 1.54) is 37.7 Å². The molecule has 0 amide bonds. The topological polar surface area (TPSA) is 0 Å². The van der Waals surface area contributed by atoms with Crippen LogP contribution in [-0.4, -0.2) is 0 Å². The summed E-state index contributed by atoms with van der Waals surface area (Å²) >= 11 is 0. The highest BCUT2D eigenvalue weighted by molar-refractivity contribution is 5.68. The molecule has 1 aromatic carbocycles. The van der Waals surface area contributed by atoms with Gasteiger partial charge in [-0.05, 0) is 54.4 Å². The fourth-order valence-electron chi connectivity index (χ4n) is 2.33. The lowest BCUT2D eigenvalue weighted by molar-refractivity contribution is 0.838. The molecule has 0 atom stereocenters. The fourth-order valence-corrected chi connectivity index (χ4v) is 2.33. The highest BCUT2D eigenvalue weighted by Crippen LogP contribution is 2.31. The molecule has 0 aromatic heterocycles. The highest BCUT2D eigenvalue weighted by Gasteiger charge is 2.14. The second-order valence-electron chi connectivity index (χ2n) is 4.11. The van der Waals surface area contributed by atoms with E-state index in [4.69, 9.17) is 0 Å². The second kappa shape index (κ2) is 2.73. The van der Waals surface area contributed by atoms with Crippen LogP contribution in [0.4, 0.5) is 0 Å². The van der Waals surface area contributed by atoms with Gasteiger partial charge in [-0.3, -0.25) is 0 Å². The van der Waals surface area contributed by atoms with E-state index in [0.29, 0.717) is 0 Å². The van der Waals surface area contributed by atoms with E-state index in [1.54, 1.807) is 16.7 Å². The third-order valence-electron chi connectivity index (χ3n) is 3.28. The van der Waals surface area contributed by atoms with Crippen molar-refractivity contribution < 1.29 is 0 Å². The summed E-state index contributed by atoms with van der Waals surface area (Å²) in [4.78, 5) is 0. The van der Waals surface area contributed by atoms with Gasteiger partial charge in [-0.25, -0.2) is 0 Å². The van der Waals surface area contributed by atoms with Crippen molar-refractivity contribution in [3.63, 3.8) is 0 Å². The summed E-state index contributed by atoms with van der Waals surface area (Å²) in [5.41, 5.74) is 6.22. The number of allylic oxidation sites excluding steroid dienone is 2. The molecule has 0 nitrogen and oxygen atoms in total. The molecular formula is C13H14. The maximum Gasteiger partial charge on any atom is -0.0225 e. The Balaban J connectivity index is 2.00. The molecule has 1 aromatic rings. The number of hydrogen-bond acceptors (Lipinski definition) is 0. The third-order valence-corrected chi connectivity index (χ3v) is 3.28. The molecular weight excluding hydrogens is 156 g/mol. The molecule has 0 bridgehead atoms. The van der Waals surface area contributed by atoms with Gasteiger partial charge in [0.05, 0.1) is 0 Å². The van der Waals surface area contributed by atoms with Gasteiger partial charge in [-0.1, -0.05) is 24.3 Å². The van der Waals surface area contributed by atoms with Gasteiger partial charge in [0.25, 0.3) is 0 Å². The molecule has 3 rings (SSSR count).